The molecule has 1 atom stereocenters. The summed E-state index contributed by atoms with van der Waals surface area (Å²) in [5.74, 6) is 1.33. The average molecular weight is 332 g/mol. The second-order valence-electron chi connectivity index (χ2n) is 6.08. The minimum absolute atomic E-state index is 0.00461. The maximum atomic E-state index is 12.5. The highest BCUT2D eigenvalue weighted by Crippen LogP contribution is 2.21. The van der Waals surface area contributed by atoms with Crippen LogP contribution in [0.1, 0.15) is 49.5 Å². The molecule has 1 heterocycles. The molecule has 0 spiro atoms. The zero-order chi connectivity index (χ0) is 16.7. The Morgan fingerprint density at radius 1 is 1.26 bits per heavy atom. The van der Waals surface area contributed by atoms with Crippen LogP contribution in [0.15, 0.2) is 35.7 Å². The summed E-state index contributed by atoms with van der Waals surface area (Å²) in [4.78, 5) is 16.6. The van der Waals surface area contributed by atoms with Gasteiger partial charge in [0.1, 0.15) is 6.33 Å². The first-order valence-electron chi connectivity index (χ1n) is 7.93. The van der Waals surface area contributed by atoms with Crippen LogP contribution in [0.5, 0.6) is 0 Å². The van der Waals surface area contributed by atoms with Gasteiger partial charge in [-0.1, -0.05) is 43.8 Å². The monoisotopic (exact) mass is 332 g/mol. The Labute approximate surface area is 141 Å². The molecule has 5 nitrogen and oxygen atoms in total. The van der Waals surface area contributed by atoms with Crippen molar-refractivity contribution in [3.8, 4) is 0 Å². The third kappa shape index (κ3) is 5.71. The molecule has 0 saturated carbocycles. The minimum Gasteiger partial charge on any atom is -0.350 e. The van der Waals surface area contributed by atoms with E-state index >= 15 is 0 Å². The Hall–Kier alpha value is -1.82. The van der Waals surface area contributed by atoms with E-state index in [4.69, 9.17) is 0 Å². The van der Waals surface area contributed by atoms with E-state index in [0.717, 1.165) is 29.1 Å². The molecule has 2 aromatic rings. The van der Waals surface area contributed by atoms with Gasteiger partial charge in [0.25, 0.3) is 5.91 Å². The SMILES string of the molecule is CC(C)CCC(C)NC(=O)c1ccccc1CSc1ncn[nH]1. The zero-order valence-corrected chi connectivity index (χ0v) is 14.7. The van der Waals surface area contributed by atoms with Crippen LogP contribution < -0.4 is 5.32 Å². The Balaban J connectivity index is 1.96. The van der Waals surface area contributed by atoms with Gasteiger partial charge in [-0.25, -0.2) is 4.98 Å². The van der Waals surface area contributed by atoms with Crippen molar-refractivity contribution in [1.29, 1.82) is 0 Å². The number of nitrogens with zero attached hydrogens (tertiary/aromatic N) is 2. The van der Waals surface area contributed by atoms with E-state index in [1.807, 2.05) is 24.3 Å². The van der Waals surface area contributed by atoms with Gasteiger partial charge in [0.15, 0.2) is 5.16 Å². The number of thioether (sulfide) groups is 1. The molecule has 1 unspecified atom stereocenters. The van der Waals surface area contributed by atoms with Crippen LogP contribution in [0.4, 0.5) is 0 Å². The van der Waals surface area contributed by atoms with Gasteiger partial charge in [-0.2, -0.15) is 5.10 Å². The topological polar surface area (TPSA) is 70.7 Å². The summed E-state index contributed by atoms with van der Waals surface area (Å²) in [6.07, 6.45) is 3.60. The highest BCUT2D eigenvalue weighted by atomic mass is 32.2. The quantitative estimate of drug-likeness (QED) is 0.724. The maximum Gasteiger partial charge on any atom is 0.251 e. The molecule has 1 amide bonds. The number of amides is 1. The first-order chi connectivity index (χ1) is 11.1. The Morgan fingerprint density at radius 2 is 2.04 bits per heavy atom. The number of hydrogen-bond acceptors (Lipinski definition) is 4. The molecule has 2 N–H and O–H groups in total. The zero-order valence-electron chi connectivity index (χ0n) is 13.9. The van der Waals surface area contributed by atoms with E-state index in [2.05, 4.69) is 41.3 Å². The second kappa shape index (κ2) is 8.72. The van der Waals surface area contributed by atoms with Gasteiger partial charge in [-0.3, -0.25) is 9.89 Å². The molecule has 0 bridgehead atoms. The number of rotatable bonds is 8. The maximum absolute atomic E-state index is 12.5. The number of H-pyrrole nitrogens is 1. The summed E-state index contributed by atoms with van der Waals surface area (Å²) in [6, 6.07) is 7.89. The molecular formula is C17H24N4OS. The summed E-state index contributed by atoms with van der Waals surface area (Å²) < 4.78 is 0. The van der Waals surface area contributed by atoms with Crippen LogP contribution in [-0.2, 0) is 5.75 Å². The van der Waals surface area contributed by atoms with Crippen LogP contribution in [0.25, 0.3) is 0 Å². The number of carbonyl (C=O) groups excluding carboxylic acids is 1. The number of aromatic nitrogens is 3. The lowest BCUT2D eigenvalue weighted by molar-refractivity contribution is 0.0936. The van der Waals surface area contributed by atoms with Crippen molar-refractivity contribution in [3.63, 3.8) is 0 Å². The fourth-order valence-corrected chi connectivity index (χ4v) is 3.02. The summed E-state index contributed by atoms with van der Waals surface area (Å²) in [7, 11) is 0. The van der Waals surface area contributed by atoms with Crippen molar-refractivity contribution in [2.45, 2.75) is 50.6 Å². The lowest BCUT2D eigenvalue weighted by atomic mass is 10.0. The highest BCUT2D eigenvalue weighted by molar-refractivity contribution is 7.98. The van der Waals surface area contributed by atoms with Crippen LogP contribution >= 0.6 is 11.8 Å². The largest absolute Gasteiger partial charge is 0.350 e. The first kappa shape index (κ1) is 17.5. The molecule has 0 radical (unpaired) electrons. The van der Waals surface area contributed by atoms with E-state index in [1.165, 1.54) is 18.1 Å². The molecule has 0 saturated heterocycles. The predicted molar refractivity (Wildman–Crippen MR) is 93.4 cm³/mol. The highest BCUT2D eigenvalue weighted by Gasteiger charge is 2.14. The number of nitrogens with one attached hydrogen (secondary N) is 2. The lowest BCUT2D eigenvalue weighted by Gasteiger charge is -2.16. The van der Waals surface area contributed by atoms with Crippen molar-refractivity contribution < 1.29 is 4.79 Å². The standard InChI is InChI=1S/C17H24N4OS/c1-12(2)8-9-13(3)20-16(22)15-7-5-4-6-14(15)10-23-17-18-11-19-21-17/h4-7,11-13H,8-10H2,1-3H3,(H,20,22)(H,18,19,21). The van der Waals surface area contributed by atoms with Gasteiger partial charge in [0, 0.05) is 17.4 Å². The smallest absolute Gasteiger partial charge is 0.251 e. The molecule has 2 rings (SSSR count). The number of carbonyl (C=O) groups is 1. The summed E-state index contributed by atoms with van der Waals surface area (Å²) in [6.45, 7) is 6.46. The van der Waals surface area contributed by atoms with Gasteiger partial charge in [-0.15, -0.1) is 0 Å². The van der Waals surface area contributed by atoms with Crippen molar-refractivity contribution >= 4 is 17.7 Å². The molecule has 6 heteroatoms. The van der Waals surface area contributed by atoms with Crippen molar-refractivity contribution in [2.75, 3.05) is 0 Å². The number of aromatic amines is 1. The predicted octanol–water partition coefficient (Wildman–Crippen LogP) is 3.65. The van der Waals surface area contributed by atoms with E-state index in [9.17, 15) is 4.79 Å². The molecule has 0 aliphatic heterocycles. The van der Waals surface area contributed by atoms with Gasteiger partial charge >= 0.3 is 0 Å². The molecule has 1 aromatic carbocycles. The van der Waals surface area contributed by atoms with Crippen LogP contribution in [-0.4, -0.2) is 27.1 Å². The van der Waals surface area contributed by atoms with E-state index in [0.29, 0.717) is 11.7 Å². The van der Waals surface area contributed by atoms with Gasteiger partial charge < -0.3 is 5.32 Å². The van der Waals surface area contributed by atoms with E-state index in [1.54, 1.807) is 0 Å². The van der Waals surface area contributed by atoms with Gasteiger partial charge in [0.2, 0.25) is 0 Å². The Bertz CT molecular complexity index is 613. The molecule has 0 aliphatic carbocycles. The van der Waals surface area contributed by atoms with Gasteiger partial charge in [0.05, 0.1) is 0 Å². The minimum atomic E-state index is -0.00461. The molecule has 0 fully saturated rings. The van der Waals surface area contributed by atoms with Crippen molar-refractivity contribution in [3.05, 3.63) is 41.7 Å². The third-order valence-corrected chi connectivity index (χ3v) is 4.50. The summed E-state index contributed by atoms with van der Waals surface area (Å²) in [5.41, 5.74) is 1.73. The van der Waals surface area contributed by atoms with Gasteiger partial charge in [-0.05, 0) is 37.3 Å². The van der Waals surface area contributed by atoms with Crippen LogP contribution in [0, 0.1) is 5.92 Å². The fraction of sp³-hybridized carbons (Fsp3) is 0.471. The number of hydrogen-bond donors (Lipinski definition) is 2. The van der Waals surface area contributed by atoms with Crippen LogP contribution in [0.3, 0.4) is 0 Å². The van der Waals surface area contributed by atoms with Crippen molar-refractivity contribution in [2.24, 2.45) is 5.92 Å². The number of benzene rings is 1. The normalized spacial score (nSPS) is 12.3. The van der Waals surface area contributed by atoms with Crippen molar-refractivity contribution in [1.82, 2.24) is 20.5 Å². The Kier molecular flexibility index (Phi) is 6.65. The molecule has 23 heavy (non-hydrogen) atoms. The third-order valence-electron chi connectivity index (χ3n) is 3.57. The lowest BCUT2D eigenvalue weighted by Crippen LogP contribution is -2.33. The summed E-state index contributed by atoms with van der Waals surface area (Å²) in [5, 5.41) is 10.5. The molecule has 124 valence electrons. The molecule has 0 aliphatic rings. The molecule has 1 aromatic heterocycles. The fourth-order valence-electron chi connectivity index (χ4n) is 2.23. The Morgan fingerprint density at radius 3 is 2.74 bits per heavy atom. The average Bonchev–Trinajstić information content (AvgIpc) is 3.04. The summed E-state index contributed by atoms with van der Waals surface area (Å²) >= 11 is 1.54. The van der Waals surface area contributed by atoms with E-state index in [-0.39, 0.29) is 11.9 Å². The molecular weight excluding hydrogens is 308 g/mol. The van der Waals surface area contributed by atoms with E-state index < -0.39 is 0 Å². The second-order valence-corrected chi connectivity index (χ2v) is 7.05. The van der Waals surface area contributed by atoms with Crippen LogP contribution in [0.2, 0.25) is 0 Å². The first-order valence-corrected chi connectivity index (χ1v) is 8.91.